The van der Waals surface area contributed by atoms with Crippen LogP contribution in [0.1, 0.15) is 37.0 Å². The van der Waals surface area contributed by atoms with Crippen LogP contribution in [0.3, 0.4) is 0 Å². The van der Waals surface area contributed by atoms with Gasteiger partial charge in [-0.1, -0.05) is 0 Å². The van der Waals surface area contributed by atoms with E-state index < -0.39 is 0 Å². The minimum Gasteiger partial charge on any atom is -0.468 e. The zero-order valence-corrected chi connectivity index (χ0v) is 7.97. The first-order valence-electron chi connectivity index (χ1n) is 5.01. The van der Waals surface area contributed by atoms with Crippen LogP contribution in [0.4, 0.5) is 0 Å². The molecule has 0 atom stereocenters. The average molecular weight is 177 g/mol. The van der Waals surface area contributed by atoms with Gasteiger partial charge in [0.15, 0.2) is 0 Å². The highest BCUT2D eigenvalue weighted by Crippen LogP contribution is 2.64. The molecule has 0 spiro atoms. The Kier molecular flexibility index (Phi) is 1.18. The Morgan fingerprint density at radius 3 is 2.38 bits per heavy atom. The van der Waals surface area contributed by atoms with Gasteiger partial charge in [-0.2, -0.15) is 0 Å². The highest BCUT2D eigenvalue weighted by Gasteiger charge is 2.66. The summed E-state index contributed by atoms with van der Waals surface area (Å²) < 4.78 is 5.58. The lowest BCUT2D eigenvalue weighted by molar-refractivity contribution is 0.387. The average Bonchev–Trinajstić information content (AvgIpc) is 2.98. The second-order valence-electron chi connectivity index (χ2n) is 4.67. The molecule has 0 saturated heterocycles. The van der Waals surface area contributed by atoms with E-state index in [9.17, 15) is 0 Å². The highest BCUT2D eigenvalue weighted by atomic mass is 16.3. The fourth-order valence-corrected chi connectivity index (χ4v) is 2.55. The van der Waals surface area contributed by atoms with Crippen LogP contribution in [0.25, 0.3) is 0 Å². The highest BCUT2D eigenvalue weighted by molar-refractivity contribution is 5.39. The van der Waals surface area contributed by atoms with E-state index in [-0.39, 0.29) is 11.0 Å². The third kappa shape index (κ3) is 0.819. The van der Waals surface area contributed by atoms with Crippen LogP contribution < -0.4 is 5.73 Å². The molecule has 0 aliphatic heterocycles. The Hall–Kier alpha value is -0.760. The Morgan fingerprint density at radius 2 is 2.00 bits per heavy atom. The molecular weight excluding hydrogens is 162 g/mol. The quantitative estimate of drug-likeness (QED) is 0.751. The molecule has 2 aliphatic rings. The molecule has 1 aromatic heterocycles. The zero-order valence-electron chi connectivity index (χ0n) is 7.97. The molecule has 0 radical (unpaired) electrons. The van der Waals surface area contributed by atoms with Gasteiger partial charge in [-0.3, -0.25) is 0 Å². The van der Waals surface area contributed by atoms with Crippen LogP contribution in [-0.4, -0.2) is 5.54 Å². The molecule has 0 bridgehead atoms. The number of hydrogen-bond acceptors (Lipinski definition) is 2. The number of rotatable bonds is 2. The number of furan rings is 1. The van der Waals surface area contributed by atoms with Gasteiger partial charge < -0.3 is 10.2 Å². The first kappa shape index (κ1) is 7.63. The number of nitrogens with two attached hydrogens (primary N) is 1. The second-order valence-corrected chi connectivity index (χ2v) is 4.67. The lowest BCUT2D eigenvalue weighted by atomic mass is 9.89. The molecule has 3 rings (SSSR count). The fourth-order valence-electron chi connectivity index (χ4n) is 2.55. The van der Waals surface area contributed by atoms with Crippen LogP contribution in [-0.2, 0) is 5.41 Å². The zero-order chi connectivity index (χ0) is 9.10. The summed E-state index contributed by atoms with van der Waals surface area (Å²) in [4.78, 5) is 0. The van der Waals surface area contributed by atoms with Gasteiger partial charge in [0.2, 0.25) is 0 Å². The summed E-state index contributed by atoms with van der Waals surface area (Å²) in [6, 6.07) is 2.04. The molecule has 2 nitrogen and oxygen atoms in total. The minimum absolute atomic E-state index is 0.0790. The largest absolute Gasteiger partial charge is 0.468 e. The third-order valence-corrected chi connectivity index (χ3v) is 3.79. The molecule has 2 saturated carbocycles. The molecule has 1 heterocycles. The molecule has 0 amide bonds. The SMILES string of the molecule is Cc1ccoc1C1(C2(N)CC2)CC1. The summed E-state index contributed by atoms with van der Waals surface area (Å²) in [5, 5.41) is 0. The van der Waals surface area contributed by atoms with Crippen molar-refractivity contribution in [3.63, 3.8) is 0 Å². The van der Waals surface area contributed by atoms with Crippen molar-refractivity contribution in [3.8, 4) is 0 Å². The second kappa shape index (κ2) is 2.01. The van der Waals surface area contributed by atoms with Gasteiger partial charge in [-0.05, 0) is 44.2 Å². The molecule has 0 aromatic carbocycles. The van der Waals surface area contributed by atoms with Crippen LogP contribution in [0.5, 0.6) is 0 Å². The monoisotopic (exact) mass is 177 g/mol. The summed E-state index contributed by atoms with van der Waals surface area (Å²) in [6.45, 7) is 2.12. The van der Waals surface area contributed by atoms with Crippen molar-refractivity contribution in [1.82, 2.24) is 0 Å². The van der Waals surface area contributed by atoms with Gasteiger partial charge in [-0.15, -0.1) is 0 Å². The van der Waals surface area contributed by atoms with E-state index in [1.165, 1.54) is 31.2 Å². The van der Waals surface area contributed by atoms with Crippen LogP contribution in [0.2, 0.25) is 0 Å². The maximum Gasteiger partial charge on any atom is 0.114 e. The molecule has 2 fully saturated rings. The van der Waals surface area contributed by atoms with Crippen molar-refractivity contribution in [2.24, 2.45) is 5.73 Å². The van der Waals surface area contributed by atoms with Gasteiger partial charge in [0.05, 0.1) is 6.26 Å². The molecule has 13 heavy (non-hydrogen) atoms. The Labute approximate surface area is 78.1 Å². The first-order valence-corrected chi connectivity index (χ1v) is 5.01. The summed E-state index contributed by atoms with van der Waals surface area (Å²) in [7, 11) is 0. The van der Waals surface area contributed by atoms with E-state index in [1.807, 2.05) is 6.07 Å². The minimum atomic E-state index is 0.0790. The first-order chi connectivity index (χ1) is 6.18. The smallest absolute Gasteiger partial charge is 0.114 e. The van der Waals surface area contributed by atoms with Gasteiger partial charge in [0, 0.05) is 11.0 Å². The van der Waals surface area contributed by atoms with Crippen LogP contribution >= 0.6 is 0 Å². The van der Waals surface area contributed by atoms with Crippen molar-refractivity contribution < 1.29 is 4.42 Å². The number of hydrogen-bond donors (Lipinski definition) is 1. The van der Waals surface area contributed by atoms with E-state index in [2.05, 4.69) is 6.92 Å². The third-order valence-electron chi connectivity index (χ3n) is 3.79. The predicted molar refractivity (Wildman–Crippen MR) is 50.5 cm³/mol. The normalized spacial score (nSPS) is 27.2. The standard InChI is InChI=1S/C11H15NO/c1-8-2-7-13-9(8)10(3-4-10)11(12)5-6-11/h2,7H,3-6,12H2,1H3. The van der Waals surface area contributed by atoms with Crippen molar-refractivity contribution in [2.45, 2.75) is 43.6 Å². The van der Waals surface area contributed by atoms with E-state index >= 15 is 0 Å². The Balaban J connectivity index is 2.05. The molecule has 70 valence electrons. The van der Waals surface area contributed by atoms with Gasteiger partial charge in [0.1, 0.15) is 5.76 Å². The molecular formula is C11H15NO. The van der Waals surface area contributed by atoms with Crippen LogP contribution in [0, 0.1) is 6.92 Å². The summed E-state index contributed by atoms with van der Waals surface area (Å²) in [5.41, 5.74) is 7.86. The Bertz CT molecular complexity index is 345. The van der Waals surface area contributed by atoms with E-state index in [0.29, 0.717) is 0 Å². The molecule has 2 heteroatoms. The molecule has 1 aromatic rings. The van der Waals surface area contributed by atoms with Crippen molar-refractivity contribution in [2.75, 3.05) is 0 Å². The summed E-state index contributed by atoms with van der Waals surface area (Å²) in [6.07, 6.45) is 6.58. The Morgan fingerprint density at radius 1 is 1.31 bits per heavy atom. The molecule has 2 N–H and O–H groups in total. The van der Waals surface area contributed by atoms with Crippen molar-refractivity contribution >= 4 is 0 Å². The number of aryl methyl sites for hydroxylation is 1. The van der Waals surface area contributed by atoms with E-state index in [0.717, 1.165) is 5.76 Å². The summed E-state index contributed by atoms with van der Waals surface area (Å²) in [5.74, 6) is 1.16. The van der Waals surface area contributed by atoms with Gasteiger partial charge >= 0.3 is 0 Å². The van der Waals surface area contributed by atoms with E-state index in [1.54, 1.807) is 6.26 Å². The lowest BCUT2D eigenvalue weighted by Gasteiger charge is -2.21. The van der Waals surface area contributed by atoms with Gasteiger partial charge in [0.25, 0.3) is 0 Å². The topological polar surface area (TPSA) is 39.2 Å². The van der Waals surface area contributed by atoms with E-state index in [4.69, 9.17) is 10.2 Å². The van der Waals surface area contributed by atoms with Crippen molar-refractivity contribution in [1.29, 1.82) is 0 Å². The summed E-state index contributed by atoms with van der Waals surface area (Å²) >= 11 is 0. The maximum absolute atomic E-state index is 6.29. The maximum atomic E-state index is 6.29. The fraction of sp³-hybridized carbons (Fsp3) is 0.636. The van der Waals surface area contributed by atoms with Gasteiger partial charge in [-0.25, -0.2) is 0 Å². The lowest BCUT2D eigenvalue weighted by Crippen LogP contribution is -2.37. The van der Waals surface area contributed by atoms with Crippen LogP contribution in [0.15, 0.2) is 16.7 Å². The molecule has 2 aliphatic carbocycles. The van der Waals surface area contributed by atoms with Crippen molar-refractivity contribution in [3.05, 3.63) is 23.7 Å². The predicted octanol–water partition coefficient (Wildman–Crippen LogP) is 2.11. The molecule has 0 unspecified atom stereocenters.